The Hall–Kier alpha value is -3.92. The number of allylic oxidation sites excluding steroid dienone is 2. The Morgan fingerprint density at radius 1 is 1.14 bits per heavy atom. The monoisotopic (exact) mass is 468 g/mol. The molecular formula is C27H20N2O6. The quantitative estimate of drug-likeness (QED) is 0.210. The first kappa shape index (κ1) is 21.6. The fraction of sp³-hybridized carbons (Fsp3) is 0.259. The molecule has 0 radical (unpaired) electrons. The molecule has 35 heavy (non-hydrogen) atoms. The fourth-order valence-corrected chi connectivity index (χ4v) is 5.73. The minimum absolute atomic E-state index is 0.0406. The number of carbonyl (C=O) groups is 2. The summed E-state index contributed by atoms with van der Waals surface area (Å²) in [6.07, 6.45) is 0.456. The standard InChI is InChI=1S/C27H20N2O6/c1-13(30)26-18-9-4-2-3-5-10-19(32)27(26,35-26)16-11-17(31)21-22(23(16)29-18)25(34)20-14(12-28)7-6-8-15(20)24(21)33/h2-3,6-8,11,13,18-19,29-32H,12,28H2,1H3/b3-2-/t13-,18+,19-,26+,27+/m1/s1. The van der Waals surface area contributed by atoms with Gasteiger partial charge < -0.3 is 31.1 Å². The highest BCUT2D eigenvalue weighted by molar-refractivity contribution is 6.32. The minimum atomic E-state index is -1.59. The van der Waals surface area contributed by atoms with Gasteiger partial charge >= 0.3 is 0 Å². The van der Waals surface area contributed by atoms with Crippen LogP contribution in [-0.4, -0.2) is 50.7 Å². The van der Waals surface area contributed by atoms with Crippen LogP contribution in [0.25, 0.3) is 0 Å². The summed E-state index contributed by atoms with van der Waals surface area (Å²) < 4.78 is 6.15. The molecule has 4 aliphatic rings. The number of hydrogen-bond donors (Lipinski definition) is 5. The molecule has 0 aromatic heterocycles. The highest BCUT2D eigenvalue weighted by Crippen LogP contribution is 2.67. The van der Waals surface area contributed by atoms with Crippen LogP contribution >= 0.6 is 0 Å². The van der Waals surface area contributed by atoms with Crippen molar-refractivity contribution in [2.45, 2.75) is 42.9 Å². The minimum Gasteiger partial charge on any atom is -0.507 e. The molecule has 2 heterocycles. The zero-order chi connectivity index (χ0) is 24.7. The molecule has 2 aromatic carbocycles. The van der Waals surface area contributed by atoms with E-state index in [2.05, 4.69) is 29.0 Å². The second-order valence-electron chi connectivity index (χ2n) is 8.97. The second kappa shape index (κ2) is 7.05. The first-order chi connectivity index (χ1) is 16.8. The maximum absolute atomic E-state index is 13.9. The summed E-state index contributed by atoms with van der Waals surface area (Å²) >= 11 is 0. The number of benzene rings is 2. The summed E-state index contributed by atoms with van der Waals surface area (Å²) in [5.74, 6) is 9.80. The maximum Gasteiger partial charge on any atom is 0.198 e. The van der Waals surface area contributed by atoms with Gasteiger partial charge in [-0.15, -0.1) is 0 Å². The molecule has 1 saturated heterocycles. The third-order valence-electron chi connectivity index (χ3n) is 7.29. The maximum atomic E-state index is 13.9. The molecule has 2 aliphatic heterocycles. The SMILES string of the molecule is C[C@@H](O)[C@@]12O[C@]13c1cc(O)c4c(c1N[C@H]2C#C/C=C\C#C[C@H]3O)C(=O)c1c(CN)cccc1C4=O. The van der Waals surface area contributed by atoms with E-state index in [-0.39, 0.29) is 40.0 Å². The van der Waals surface area contributed by atoms with Crippen LogP contribution in [-0.2, 0) is 16.9 Å². The highest BCUT2D eigenvalue weighted by atomic mass is 16.7. The highest BCUT2D eigenvalue weighted by Gasteiger charge is 2.82. The van der Waals surface area contributed by atoms with Crippen molar-refractivity contribution in [2.75, 3.05) is 5.32 Å². The van der Waals surface area contributed by atoms with Crippen molar-refractivity contribution >= 4 is 17.3 Å². The molecule has 174 valence electrons. The number of epoxide rings is 1. The van der Waals surface area contributed by atoms with E-state index in [9.17, 15) is 24.9 Å². The molecule has 0 saturated carbocycles. The molecule has 0 unspecified atom stereocenters. The molecule has 8 nitrogen and oxygen atoms in total. The van der Waals surface area contributed by atoms with Gasteiger partial charge in [-0.1, -0.05) is 41.9 Å². The Labute approximate surface area is 200 Å². The number of aromatic hydroxyl groups is 1. The van der Waals surface area contributed by atoms with Crippen LogP contribution in [0.15, 0.2) is 36.4 Å². The summed E-state index contributed by atoms with van der Waals surface area (Å²) in [5.41, 5.74) is 3.91. The van der Waals surface area contributed by atoms with Crippen LogP contribution in [0.2, 0.25) is 0 Å². The molecule has 2 aromatic rings. The lowest BCUT2D eigenvalue weighted by Crippen LogP contribution is -2.54. The second-order valence-corrected chi connectivity index (χ2v) is 8.97. The number of ketones is 2. The number of rotatable bonds is 2. The number of hydrogen-bond acceptors (Lipinski definition) is 8. The van der Waals surface area contributed by atoms with Gasteiger partial charge in [-0.05, 0) is 30.7 Å². The zero-order valence-corrected chi connectivity index (χ0v) is 18.5. The Kier molecular flexibility index (Phi) is 4.35. The van der Waals surface area contributed by atoms with Crippen molar-refractivity contribution in [3.8, 4) is 29.4 Å². The van der Waals surface area contributed by atoms with Gasteiger partial charge in [-0.3, -0.25) is 9.59 Å². The van der Waals surface area contributed by atoms with Crippen molar-refractivity contribution in [1.29, 1.82) is 0 Å². The van der Waals surface area contributed by atoms with Crippen LogP contribution in [0.1, 0.15) is 49.9 Å². The average molecular weight is 468 g/mol. The van der Waals surface area contributed by atoms with Crippen LogP contribution in [0.3, 0.4) is 0 Å². The Morgan fingerprint density at radius 3 is 2.60 bits per heavy atom. The van der Waals surface area contributed by atoms with Crippen molar-refractivity contribution < 1.29 is 29.6 Å². The zero-order valence-electron chi connectivity index (χ0n) is 18.5. The Balaban J connectivity index is 1.69. The number of nitrogens with two attached hydrogens (primary N) is 1. The van der Waals surface area contributed by atoms with Crippen molar-refractivity contribution in [2.24, 2.45) is 5.73 Å². The number of ether oxygens (including phenoxy) is 1. The number of anilines is 1. The molecule has 6 rings (SSSR count). The largest absolute Gasteiger partial charge is 0.507 e. The van der Waals surface area contributed by atoms with Crippen LogP contribution in [0.4, 0.5) is 5.69 Å². The van der Waals surface area contributed by atoms with Gasteiger partial charge in [0.15, 0.2) is 28.9 Å². The van der Waals surface area contributed by atoms with Gasteiger partial charge in [0.1, 0.15) is 11.8 Å². The van der Waals surface area contributed by atoms with Gasteiger partial charge in [-0.2, -0.15) is 0 Å². The van der Waals surface area contributed by atoms with Crippen molar-refractivity contribution in [1.82, 2.24) is 0 Å². The number of nitrogens with one attached hydrogen (secondary N) is 1. The normalized spacial score (nSPS) is 30.5. The lowest BCUT2D eigenvalue weighted by molar-refractivity contribution is 0.0867. The molecule has 2 bridgehead atoms. The topological polar surface area (TPSA) is 145 Å². The summed E-state index contributed by atoms with van der Waals surface area (Å²) in [5, 5.41) is 36.2. The first-order valence-corrected chi connectivity index (χ1v) is 11.1. The molecule has 6 N–H and O–H groups in total. The third kappa shape index (κ3) is 2.47. The first-order valence-electron chi connectivity index (χ1n) is 11.1. The van der Waals surface area contributed by atoms with Crippen molar-refractivity contribution in [3.63, 3.8) is 0 Å². The van der Waals surface area contributed by atoms with Gasteiger partial charge in [0.25, 0.3) is 0 Å². The van der Waals surface area contributed by atoms with E-state index in [1.807, 2.05) is 0 Å². The number of aliphatic hydroxyl groups is 2. The van der Waals surface area contributed by atoms with Crippen LogP contribution in [0.5, 0.6) is 5.75 Å². The molecule has 0 amide bonds. The van der Waals surface area contributed by atoms with E-state index in [1.165, 1.54) is 31.2 Å². The number of carbonyl (C=O) groups excluding carboxylic acids is 2. The average Bonchev–Trinajstić information content (AvgIpc) is 3.57. The fourth-order valence-electron chi connectivity index (χ4n) is 5.73. The molecular weight excluding hydrogens is 448 g/mol. The Morgan fingerprint density at radius 2 is 1.89 bits per heavy atom. The summed E-state index contributed by atoms with van der Waals surface area (Å²) in [7, 11) is 0. The number of phenolic OH excluding ortho intramolecular Hbond substituents is 1. The lowest BCUT2D eigenvalue weighted by Gasteiger charge is -2.37. The summed E-state index contributed by atoms with van der Waals surface area (Å²) in [4.78, 5) is 27.3. The molecule has 0 spiro atoms. The molecule has 1 fully saturated rings. The van der Waals surface area contributed by atoms with E-state index >= 15 is 0 Å². The smallest absolute Gasteiger partial charge is 0.198 e. The number of fused-ring (bicyclic) bond motifs is 4. The van der Waals surface area contributed by atoms with Gasteiger partial charge in [0.2, 0.25) is 0 Å². The van der Waals surface area contributed by atoms with E-state index in [0.29, 0.717) is 5.56 Å². The predicted octanol–water partition coefficient (Wildman–Crippen LogP) is 0.703. The van der Waals surface area contributed by atoms with Crippen molar-refractivity contribution in [3.05, 3.63) is 69.8 Å². The lowest BCUT2D eigenvalue weighted by atomic mass is 9.69. The third-order valence-corrected chi connectivity index (χ3v) is 7.29. The molecule has 5 atom stereocenters. The Bertz CT molecular complexity index is 1520. The van der Waals surface area contributed by atoms with Crippen LogP contribution < -0.4 is 11.1 Å². The van der Waals surface area contributed by atoms with Gasteiger partial charge in [0, 0.05) is 23.2 Å². The number of phenols is 1. The van der Waals surface area contributed by atoms with E-state index in [0.717, 1.165) is 0 Å². The van der Waals surface area contributed by atoms with E-state index in [1.54, 1.807) is 12.1 Å². The van der Waals surface area contributed by atoms with E-state index < -0.39 is 46.8 Å². The van der Waals surface area contributed by atoms with Gasteiger partial charge in [-0.25, -0.2) is 0 Å². The number of aliphatic hydroxyl groups excluding tert-OH is 2. The molecule has 8 heteroatoms. The molecule has 2 aliphatic carbocycles. The van der Waals surface area contributed by atoms with E-state index in [4.69, 9.17) is 10.5 Å². The van der Waals surface area contributed by atoms with Gasteiger partial charge in [0.05, 0.1) is 22.9 Å². The summed E-state index contributed by atoms with van der Waals surface area (Å²) in [6.45, 7) is 1.56. The summed E-state index contributed by atoms with van der Waals surface area (Å²) in [6, 6.07) is 5.27. The van der Waals surface area contributed by atoms with Crippen LogP contribution in [0, 0.1) is 23.7 Å². The predicted molar refractivity (Wildman–Crippen MR) is 125 cm³/mol.